The molecule has 2 aromatic rings. The fourth-order valence-corrected chi connectivity index (χ4v) is 4.05. The molecule has 0 radical (unpaired) electrons. The number of carboxylic acid groups (broad SMARTS) is 1. The fourth-order valence-electron chi connectivity index (χ4n) is 3.78. The van der Waals surface area contributed by atoms with Crippen LogP contribution in [-0.4, -0.2) is 40.8 Å². The first-order chi connectivity index (χ1) is 13.5. The summed E-state index contributed by atoms with van der Waals surface area (Å²) in [4.78, 5) is 26.8. The summed E-state index contributed by atoms with van der Waals surface area (Å²) in [6.45, 7) is 5.40. The average molecular weight is 464 g/mol. The highest BCUT2D eigenvalue weighted by molar-refractivity contribution is 9.10. The second kappa shape index (κ2) is 7.78. The summed E-state index contributed by atoms with van der Waals surface area (Å²) in [6.07, 6.45) is -0.565. The number of halogens is 2. The van der Waals surface area contributed by atoms with E-state index in [4.69, 9.17) is 4.74 Å². The smallest absolute Gasteiger partial charge is 0.410 e. The molecule has 0 saturated carbocycles. The van der Waals surface area contributed by atoms with Crippen molar-refractivity contribution in [1.29, 1.82) is 0 Å². The van der Waals surface area contributed by atoms with Gasteiger partial charge in [-0.15, -0.1) is 0 Å². The minimum absolute atomic E-state index is 0.0659. The number of carboxylic acids is 1. The minimum Gasteiger partial charge on any atom is -0.481 e. The predicted molar refractivity (Wildman–Crippen MR) is 110 cm³/mol. The predicted octanol–water partition coefficient (Wildman–Crippen LogP) is 4.95. The topological polar surface area (TPSA) is 66.8 Å². The molecule has 1 amide bonds. The van der Waals surface area contributed by atoms with Crippen LogP contribution in [0.1, 0.15) is 37.8 Å². The molecular formula is C22H23BrFNO4. The third-order valence-corrected chi connectivity index (χ3v) is 5.63. The van der Waals surface area contributed by atoms with Crippen LogP contribution in [0.25, 0.3) is 0 Å². The number of benzene rings is 2. The van der Waals surface area contributed by atoms with E-state index in [9.17, 15) is 19.1 Å². The Labute approximate surface area is 177 Å². The molecule has 3 rings (SSSR count). The molecule has 0 spiro atoms. The lowest BCUT2D eigenvalue weighted by Gasteiger charge is -2.31. The quantitative estimate of drug-likeness (QED) is 0.699. The van der Waals surface area contributed by atoms with Crippen molar-refractivity contribution >= 4 is 28.0 Å². The Morgan fingerprint density at radius 1 is 1.14 bits per heavy atom. The van der Waals surface area contributed by atoms with E-state index < -0.39 is 34.8 Å². The van der Waals surface area contributed by atoms with Gasteiger partial charge in [0.25, 0.3) is 0 Å². The molecule has 0 bridgehead atoms. The van der Waals surface area contributed by atoms with Crippen molar-refractivity contribution in [1.82, 2.24) is 4.90 Å². The van der Waals surface area contributed by atoms with Crippen LogP contribution in [-0.2, 0) is 14.9 Å². The number of amides is 1. The Balaban J connectivity index is 2.10. The first-order valence-corrected chi connectivity index (χ1v) is 10.0. The van der Waals surface area contributed by atoms with Crippen LogP contribution in [0, 0.1) is 5.82 Å². The number of likely N-dealkylation sites (tertiary alicyclic amines) is 1. The average Bonchev–Trinajstić information content (AvgIpc) is 3.04. The highest BCUT2D eigenvalue weighted by Gasteiger charge is 2.56. The summed E-state index contributed by atoms with van der Waals surface area (Å²) in [6, 6.07) is 12.8. The monoisotopic (exact) mass is 463 g/mol. The number of aliphatic carboxylic acids is 1. The minimum atomic E-state index is -1.42. The molecule has 1 aliphatic heterocycles. The molecule has 0 unspecified atom stereocenters. The van der Waals surface area contributed by atoms with Gasteiger partial charge in [0, 0.05) is 23.5 Å². The molecule has 2 aromatic carbocycles. The van der Waals surface area contributed by atoms with Gasteiger partial charge in [-0.05, 0) is 56.2 Å². The summed E-state index contributed by atoms with van der Waals surface area (Å²) in [5.41, 5.74) is -0.885. The van der Waals surface area contributed by atoms with Crippen LogP contribution < -0.4 is 0 Å². The number of ether oxygens (including phenoxy) is 1. The van der Waals surface area contributed by atoms with E-state index in [2.05, 4.69) is 15.9 Å². The SMILES string of the molecule is CC(C)(C)OC(=O)N1C[C@@H](c2ccc(Br)cc2)[C@@](C(=O)O)(c2ccc(F)cc2)C1. The number of nitrogens with zero attached hydrogens (tertiary/aromatic N) is 1. The zero-order valence-electron chi connectivity index (χ0n) is 16.5. The van der Waals surface area contributed by atoms with Crippen molar-refractivity contribution in [3.05, 3.63) is 69.9 Å². The van der Waals surface area contributed by atoms with Gasteiger partial charge in [-0.3, -0.25) is 4.79 Å². The fraction of sp³-hybridized carbons (Fsp3) is 0.364. The van der Waals surface area contributed by atoms with E-state index in [0.717, 1.165) is 10.0 Å². The number of carbonyl (C=O) groups is 2. The second-order valence-corrected chi connectivity index (χ2v) is 9.16. The molecule has 0 aliphatic carbocycles. The highest BCUT2D eigenvalue weighted by atomic mass is 79.9. The van der Waals surface area contributed by atoms with Gasteiger partial charge in [-0.25, -0.2) is 9.18 Å². The van der Waals surface area contributed by atoms with Crippen LogP contribution in [0.3, 0.4) is 0 Å². The van der Waals surface area contributed by atoms with Gasteiger partial charge in [0.15, 0.2) is 0 Å². The van der Waals surface area contributed by atoms with E-state index in [0.29, 0.717) is 5.56 Å². The van der Waals surface area contributed by atoms with Crippen LogP contribution in [0.15, 0.2) is 53.0 Å². The molecule has 1 N–H and O–H groups in total. The molecule has 154 valence electrons. The summed E-state index contributed by atoms with van der Waals surface area (Å²) < 4.78 is 19.9. The maximum Gasteiger partial charge on any atom is 0.410 e. The Hall–Kier alpha value is -2.41. The lowest BCUT2D eigenvalue weighted by Crippen LogP contribution is -2.44. The molecule has 7 heteroatoms. The van der Waals surface area contributed by atoms with E-state index >= 15 is 0 Å². The Kier molecular flexibility index (Phi) is 5.72. The van der Waals surface area contributed by atoms with E-state index in [1.54, 1.807) is 20.8 Å². The molecule has 1 fully saturated rings. The van der Waals surface area contributed by atoms with Gasteiger partial charge in [0.2, 0.25) is 0 Å². The summed E-state index contributed by atoms with van der Waals surface area (Å²) >= 11 is 3.39. The third-order valence-electron chi connectivity index (χ3n) is 5.10. The lowest BCUT2D eigenvalue weighted by molar-refractivity contribution is -0.143. The number of carbonyl (C=O) groups excluding carboxylic acids is 1. The molecule has 1 saturated heterocycles. The first-order valence-electron chi connectivity index (χ1n) is 9.26. The lowest BCUT2D eigenvalue weighted by atomic mass is 9.70. The van der Waals surface area contributed by atoms with E-state index in [-0.39, 0.29) is 13.1 Å². The van der Waals surface area contributed by atoms with Crippen LogP contribution >= 0.6 is 15.9 Å². The highest BCUT2D eigenvalue weighted by Crippen LogP contribution is 2.46. The van der Waals surface area contributed by atoms with Gasteiger partial charge >= 0.3 is 12.1 Å². The molecule has 2 atom stereocenters. The van der Waals surface area contributed by atoms with Crippen molar-refractivity contribution in [2.45, 2.75) is 37.7 Å². The maximum atomic E-state index is 13.5. The zero-order chi connectivity index (χ0) is 21.4. The summed E-state index contributed by atoms with van der Waals surface area (Å²) in [5, 5.41) is 10.3. The van der Waals surface area contributed by atoms with E-state index in [1.807, 2.05) is 24.3 Å². The number of hydrogen-bond acceptors (Lipinski definition) is 3. The van der Waals surface area contributed by atoms with Gasteiger partial charge in [0.1, 0.15) is 16.8 Å². The van der Waals surface area contributed by atoms with Gasteiger partial charge in [-0.2, -0.15) is 0 Å². The van der Waals surface area contributed by atoms with Gasteiger partial charge in [0.05, 0.1) is 0 Å². The van der Waals surface area contributed by atoms with E-state index in [1.165, 1.54) is 29.2 Å². The molecule has 1 heterocycles. The Morgan fingerprint density at radius 3 is 2.24 bits per heavy atom. The largest absolute Gasteiger partial charge is 0.481 e. The Bertz CT molecular complexity index is 908. The van der Waals surface area contributed by atoms with Crippen molar-refractivity contribution in [3.63, 3.8) is 0 Å². The standard InChI is InChI=1S/C22H23BrFNO4/c1-21(2,3)29-20(28)25-12-18(14-4-8-16(23)9-5-14)22(13-25,19(26)27)15-6-10-17(24)11-7-15/h4-11,18H,12-13H2,1-3H3,(H,26,27)/t18-,22-/m0/s1. The number of hydrogen-bond donors (Lipinski definition) is 1. The Morgan fingerprint density at radius 2 is 1.72 bits per heavy atom. The van der Waals surface area contributed by atoms with Crippen LogP contribution in [0.5, 0.6) is 0 Å². The van der Waals surface area contributed by atoms with Crippen molar-refractivity contribution in [2.24, 2.45) is 0 Å². The van der Waals surface area contributed by atoms with Gasteiger partial charge in [-0.1, -0.05) is 40.2 Å². The zero-order valence-corrected chi connectivity index (χ0v) is 18.1. The summed E-state index contributed by atoms with van der Waals surface area (Å²) in [7, 11) is 0. The van der Waals surface area contributed by atoms with Crippen LogP contribution in [0.2, 0.25) is 0 Å². The normalized spacial score (nSPS) is 21.8. The number of rotatable bonds is 3. The molecule has 1 aliphatic rings. The van der Waals surface area contributed by atoms with Crippen LogP contribution in [0.4, 0.5) is 9.18 Å². The van der Waals surface area contributed by atoms with Crippen molar-refractivity contribution < 1.29 is 23.8 Å². The van der Waals surface area contributed by atoms with Crippen molar-refractivity contribution in [2.75, 3.05) is 13.1 Å². The molecule has 0 aromatic heterocycles. The summed E-state index contributed by atoms with van der Waals surface area (Å²) in [5.74, 6) is -2.04. The van der Waals surface area contributed by atoms with Crippen molar-refractivity contribution in [3.8, 4) is 0 Å². The second-order valence-electron chi connectivity index (χ2n) is 8.25. The first kappa shape index (κ1) is 21.3. The molecular weight excluding hydrogens is 441 g/mol. The van der Waals surface area contributed by atoms with Gasteiger partial charge < -0.3 is 14.7 Å². The molecule has 5 nitrogen and oxygen atoms in total. The maximum absolute atomic E-state index is 13.5. The molecule has 29 heavy (non-hydrogen) atoms. The third kappa shape index (κ3) is 4.29.